The summed E-state index contributed by atoms with van der Waals surface area (Å²) in [6.07, 6.45) is 5.41. The van der Waals surface area contributed by atoms with E-state index in [-0.39, 0.29) is 30.1 Å². The minimum Gasteiger partial charge on any atom is -0.393 e. The number of carbonyl (C=O) groups excluding carboxylic acids is 1. The average molecular weight is 558 g/mol. The van der Waals surface area contributed by atoms with Crippen LogP contribution >= 0.6 is 15.9 Å². The normalized spacial score (nSPS) is 19.0. The van der Waals surface area contributed by atoms with E-state index in [0.717, 1.165) is 35.3 Å². The van der Waals surface area contributed by atoms with Gasteiger partial charge < -0.3 is 21.1 Å². The number of nitrogens with zero attached hydrogens (tertiary/aromatic N) is 5. The number of aliphatic hydroxyl groups is 1. The zero-order valence-electron chi connectivity index (χ0n) is 20.0. The number of anilines is 1. The molecule has 1 fully saturated rings. The first-order valence-electron chi connectivity index (χ1n) is 12.1. The highest BCUT2D eigenvalue weighted by Gasteiger charge is 2.26. The molecule has 1 saturated heterocycles. The van der Waals surface area contributed by atoms with Crippen molar-refractivity contribution < 1.29 is 14.3 Å². The molecular formula is C25H29BrFN7O2. The molecule has 2 aromatic heterocycles. The summed E-state index contributed by atoms with van der Waals surface area (Å²) in [4.78, 5) is 23.4. The van der Waals surface area contributed by atoms with Crippen molar-refractivity contribution in [3.8, 4) is 0 Å². The van der Waals surface area contributed by atoms with Gasteiger partial charge in [0, 0.05) is 43.4 Å². The molecule has 9 nitrogen and oxygen atoms in total. The molecule has 11 heteroatoms. The largest absolute Gasteiger partial charge is 0.393 e. The third kappa shape index (κ3) is 5.00. The Balaban J connectivity index is 1.30. The Bertz CT molecular complexity index is 1320. The van der Waals surface area contributed by atoms with Crippen LogP contribution in [0, 0.1) is 5.82 Å². The highest BCUT2D eigenvalue weighted by molar-refractivity contribution is 9.10. The molecule has 4 N–H and O–H groups in total. The summed E-state index contributed by atoms with van der Waals surface area (Å²) in [7, 11) is 0. The molecule has 36 heavy (non-hydrogen) atoms. The van der Waals surface area contributed by atoms with Gasteiger partial charge in [-0.25, -0.2) is 9.37 Å². The number of carbonyl (C=O) groups is 1. The Morgan fingerprint density at radius 3 is 2.89 bits per heavy atom. The number of aliphatic imine (C=N–C) groups is 1. The Morgan fingerprint density at radius 1 is 1.36 bits per heavy atom. The fraction of sp³-hybridized carbons (Fsp3) is 0.440. The van der Waals surface area contributed by atoms with E-state index in [9.17, 15) is 14.3 Å². The number of aromatic nitrogens is 3. The van der Waals surface area contributed by atoms with Crippen molar-refractivity contribution >= 4 is 45.2 Å². The zero-order valence-corrected chi connectivity index (χ0v) is 21.6. The number of aliphatic hydroxyl groups excluding tert-OH is 1. The Labute approximate surface area is 216 Å². The van der Waals surface area contributed by atoms with Gasteiger partial charge in [-0.05, 0) is 65.9 Å². The van der Waals surface area contributed by atoms with Crippen LogP contribution in [0.3, 0.4) is 0 Å². The van der Waals surface area contributed by atoms with Crippen molar-refractivity contribution in [3.63, 3.8) is 0 Å². The number of rotatable bonds is 6. The molecule has 0 aliphatic carbocycles. The van der Waals surface area contributed by atoms with Crippen molar-refractivity contribution in [2.24, 2.45) is 4.99 Å². The zero-order chi connectivity index (χ0) is 25.4. The van der Waals surface area contributed by atoms with Gasteiger partial charge >= 0.3 is 0 Å². The van der Waals surface area contributed by atoms with Crippen molar-refractivity contribution in [1.82, 2.24) is 24.8 Å². The topological polar surface area (TPSA) is 121 Å². The first kappa shape index (κ1) is 24.8. The third-order valence-corrected chi connectivity index (χ3v) is 7.73. The number of nitrogens with two attached hydrogens (primary N) is 1. The van der Waals surface area contributed by atoms with Crippen molar-refractivity contribution in [3.05, 3.63) is 51.5 Å². The van der Waals surface area contributed by atoms with Gasteiger partial charge in [-0.1, -0.05) is 0 Å². The lowest BCUT2D eigenvalue weighted by atomic mass is 9.91. The number of nitrogens with one attached hydrogen (secondary N) is 1. The summed E-state index contributed by atoms with van der Waals surface area (Å²) >= 11 is 3.58. The quantitative estimate of drug-likeness (QED) is 0.428. The molecule has 3 aromatic rings. The molecule has 2 aliphatic heterocycles. The lowest BCUT2D eigenvalue weighted by Crippen LogP contribution is -2.45. The maximum Gasteiger partial charge on any atom is 0.225 e. The highest BCUT2D eigenvalue weighted by atomic mass is 79.9. The van der Waals surface area contributed by atoms with Gasteiger partial charge in [0.15, 0.2) is 5.65 Å². The van der Waals surface area contributed by atoms with E-state index in [0.29, 0.717) is 42.0 Å². The predicted octanol–water partition coefficient (Wildman–Crippen LogP) is 3.11. The second-order valence-corrected chi connectivity index (χ2v) is 10.3. The Hall–Kier alpha value is -2.89. The summed E-state index contributed by atoms with van der Waals surface area (Å²) in [6, 6.07) is 4.88. The van der Waals surface area contributed by atoms with Crippen LogP contribution < -0.4 is 11.1 Å². The van der Waals surface area contributed by atoms with E-state index < -0.39 is 6.10 Å². The minimum atomic E-state index is -0.624. The van der Waals surface area contributed by atoms with Crippen LogP contribution in [0.5, 0.6) is 0 Å². The monoisotopic (exact) mass is 557 g/mol. The maximum atomic E-state index is 13.8. The molecule has 0 radical (unpaired) electrons. The van der Waals surface area contributed by atoms with Gasteiger partial charge in [-0.15, -0.1) is 0 Å². The fourth-order valence-corrected chi connectivity index (χ4v) is 5.29. The number of hydrogen-bond acceptors (Lipinski definition) is 7. The molecular weight excluding hydrogens is 529 g/mol. The second kappa shape index (κ2) is 10.2. The molecule has 4 heterocycles. The van der Waals surface area contributed by atoms with Crippen LogP contribution in [0.25, 0.3) is 5.65 Å². The van der Waals surface area contributed by atoms with Gasteiger partial charge in [-0.3, -0.25) is 9.79 Å². The standard InChI is InChI=1S/C25H29BrFN7O2/c1-14(35)8-22(36)33-6-4-18(5-7-33)29-13-21-23(26)24(28)34-25(32-21)19(12-31-34)16-9-15-10-17(27)2-3-20(15)30-11-16/h2-3,10-12,14,16,18,29,35H,4-9,13,28H2,1H3. The first-order chi connectivity index (χ1) is 17.3. The van der Waals surface area contributed by atoms with Crippen LogP contribution in [0.15, 0.2) is 33.9 Å². The van der Waals surface area contributed by atoms with Crippen LogP contribution in [0.2, 0.25) is 0 Å². The maximum absolute atomic E-state index is 13.8. The van der Waals surface area contributed by atoms with Crippen LogP contribution in [-0.4, -0.2) is 62.0 Å². The Kier molecular flexibility index (Phi) is 7.05. The van der Waals surface area contributed by atoms with E-state index in [1.54, 1.807) is 23.7 Å². The van der Waals surface area contributed by atoms with Crippen LogP contribution in [-0.2, 0) is 17.8 Å². The smallest absolute Gasteiger partial charge is 0.225 e. The third-order valence-electron chi connectivity index (χ3n) is 6.87. The number of amides is 1. The van der Waals surface area contributed by atoms with Gasteiger partial charge in [0.25, 0.3) is 0 Å². The van der Waals surface area contributed by atoms with E-state index >= 15 is 0 Å². The number of nitrogen functional groups attached to an aromatic ring is 1. The molecule has 190 valence electrons. The summed E-state index contributed by atoms with van der Waals surface area (Å²) in [5.74, 6) is 0.0909. The van der Waals surface area contributed by atoms with Crippen LogP contribution in [0.1, 0.15) is 48.9 Å². The average Bonchev–Trinajstić information content (AvgIpc) is 3.28. The summed E-state index contributed by atoms with van der Waals surface area (Å²) in [5, 5.41) is 17.5. The van der Waals surface area contributed by atoms with Crippen LogP contribution in [0.4, 0.5) is 15.9 Å². The molecule has 2 unspecified atom stereocenters. The SMILES string of the molecule is CC(O)CC(=O)N1CCC(NCc2nc3c(C4C=Nc5ccc(F)cc5C4)cnn3c(N)c2Br)CC1. The number of fused-ring (bicyclic) bond motifs is 2. The van der Waals surface area contributed by atoms with E-state index in [1.165, 1.54) is 12.1 Å². The molecule has 5 rings (SSSR count). The Morgan fingerprint density at radius 2 is 2.14 bits per heavy atom. The number of benzene rings is 1. The number of likely N-dealkylation sites (tertiary alicyclic amines) is 1. The second-order valence-electron chi connectivity index (χ2n) is 9.54. The molecule has 0 saturated carbocycles. The highest BCUT2D eigenvalue weighted by Crippen LogP contribution is 2.34. The molecule has 0 spiro atoms. The van der Waals surface area contributed by atoms with Crippen molar-refractivity contribution in [2.75, 3.05) is 18.8 Å². The molecule has 0 bridgehead atoms. The summed E-state index contributed by atoms with van der Waals surface area (Å²) in [5.41, 5.74) is 10.3. The molecule has 2 aliphatic rings. The lowest BCUT2D eigenvalue weighted by molar-refractivity contribution is -0.134. The van der Waals surface area contributed by atoms with E-state index in [2.05, 4.69) is 31.3 Å². The summed E-state index contributed by atoms with van der Waals surface area (Å²) in [6.45, 7) is 3.46. The number of halogens is 2. The number of piperidine rings is 1. The molecule has 1 amide bonds. The van der Waals surface area contributed by atoms with E-state index in [1.807, 2.05) is 11.1 Å². The molecule has 1 aromatic carbocycles. The van der Waals surface area contributed by atoms with E-state index in [4.69, 9.17) is 10.7 Å². The van der Waals surface area contributed by atoms with Gasteiger partial charge in [0.05, 0.1) is 34.6 Å². The molecule has 2 atom stereocenters. The van der Waals surface area contributed by atoms with Crippen molar-refractivity contribution in [2.45, 2.75) is 57.2 Å². The fourth-order valence-electron chi connectivity index (χ4n) is 4.89. The predicted molar refractivity (Wildman–Crippen MR) is 139 cm³/mol. The minimum absolute atomic E-state index is 0.00374. The lowest BCUT2D eigenvalue weighted by Gasteiger charge is -2.33. The van der Waals surface area contributed by atoms with Gasteiger partial charge in [0.2, 0.25) is 5.91 Å². The first-order valence-corrected chi connectivity index (χ1v) is 12.9. The number of hydrogen-bond donors (Lipinski definition) is 3. The van der Waals surface area contributed by atoms with Gasteiger partial charge in [-0.2, -0.15) is 9.61 Å². The van der Waals surface area contributed by atoms with Crippen molar-refractivity contribution in [1.29, 1.82) is 0 Å². The summed E-state index contributed by atoms with van der Waals surface area (Å²) < 4.78 is 16.1. The van der Waals surface area contributed by atoms with Gasteiger partial charge in [0.1, 0.15) is 11.6 Å².